The molecule has 45 heavy (non-hydrogen) atoms. The summed E-state index contributed by atoms with van der Waals surface area (Å²) in [7, 11) is -5.04. The third-order valence-electron chi connectivity index (χ3n) is 7.98. The van der Waals surface area contributed by atoms with E-state index in [9.17, 15) is 28.5 Å². The van der Waals surface area contributed by atoms with Crippen molar-refractivity contribution in [2.24, 2.45) is 0 Å². The minimum Gasteiger partial charge on any atom is -0.457 e. The second-order valence-corrected chi connectivity index (χ2v) is 13.2. The van der Waals surface area contributed by atoms with Crippen LogP contribution in [0, 0.1) is 0 Å². The predicted molar refractivity (Wildman–Crippen MR) is 170 cm³/mol. The van der Waals surface area contributed by atoms with E-state index in [1.807, 2.05) is 0 Å². The quantitative estimate of drug-likeness (QED) is 0.0476. The highest BCUT2D eigenvalue weighted by molar-refractivity contribution is 7.80. The van der Waals surface area contributed by atoms with Crippen LogP contribution in [-0.4, -0.2) is 97.5 Å². The molecule has 0 aromatic heterocycles. The number of carbonyl (C=O) groups is 1. The molecule has 0 aromatic carbocycles. The summed E-state index contributed by atoms with van der Waals surface area (Å²) in [5.74, 6) is -0.403. The lowest BCUT2D eigenvalue weighted by Gasteiger charge is -2.41. The Labute approximate surface area is 271 Å². The van der Waals surface area contributed by atoms with E-state index in [4.69, 9.17) is 23.5 Å². The van der Waals surface area contributed by atoms with Crippen LogP contribution in [0.1, 0.15) is 136 Å². The van der Waals surface area contributed by atoms with Gasteiger partial charge in [0.2, 0.25) is 0 Å². The molecule has 0 saturated carbocycles. The van der Waals surface area contributed by atoms with Gasteiger partial charge < -0.3 is 34.3 Å². The van der Waals surface area contributed by atoms with Gasteiger partial charge in [-0.15, -0.1) is 0 Å². The number of carbonyl (C=O) groups excluding carboxylic acids is 1. The highest BCUT2D eigenvalue weighted by atomic mass is 32.3. The second-order valence-electron chi connectivity index (χ2n) is 12.1. The summed E-state index contributed by atoms with van der Waals surface area (Å²) in [6.45, 7) is 3.90. The van der Waals surface area contributed by atoms with Gasteiger partial charge in [-0.1, -0.05) is 117 Å². The van der Waals surface area contributed by atoms with Crippen LogP contribution in [0.15, 0.2) is 0 Å². The van der Waals surface area contributed by atoms with Crippen LogP contribution >= 0.6 is 0 Å². The molecule has 1 aliphatic rings. The smallest absolute Gasteiger partial charge is 0.397 e. The summed E-state index contributed by atoms with van der Waals surface area (Å²) in [6, 6.07) is 0. The normalized spacial score (nSPS) is 22.8. The number of esters is 1. The maximum Gasteiger partial charge on any atom is 0.397 e. The van der Waals surface area contributed by atoms with E-state index in [0.29, 0.717) is 13.0 Å². The molecule has 1 aliphatic heterocycles. The molecule has 1 rings (SSSR count). The van der Waals surface area contributed by atoms with Gasteiger partial charge in [0.1, 0.15) is 30.5 Å². The number of rotatable bonds is 29. The van der Waals surface area contributed by atoms with Gasteiger partial charge in [0.25, 0.3) is 0 Å². The number of ether oxygens (including phenoxy) is 4. The third-order valence-corrected chi connectivity index (χ3v) is 8.44. The highest BCUT2D eigenvalue weighted by Gasteiger charge is 2.48. The molecule has 0 spiro atoms. The van der Waals surface area contributed by atoms with Crippen molar-refractivity contribution in [2.75, 3.05) is 26.4 Å². The van der Waals surface area contributed by atoms with Crippen molar-refractivity contribution < 1.29 is 56.2 Å². The first-order valence-electron chi connectivity index (χ1n) is 17.3. The van der Waals surface area contributed by atoms with E-state index in [2.05, 4.69) is 18.0 Å². The zero-order valence-corrected chi connectivity index (χ0v) is 28.5. The van der Waals surface area contributed by atoms with E-state index < -0.39 is 59.8 Å². The predicted octanol–water partition coefficient (Wildman–Crippen LogP) is 5.01. The summed E-state index contributed by atoms with van der Waals surface area (Å²) < 4.78 is 58.4. The number of hydrogen-bond acceptors (Lipinski definition) is 11. The van der Waals surface area contributed by atoms with Gasteiger partial charge in [-0.05, 0) is 12.8 Å². The highest BCUT2D eigenvalue weighted by Crippen LogP contribution is 2.26. The molecule has 0 bridgehead atoms. The Kier molecular flexibility index (Phi) is 24.4. The van der Waals surface area contributed by atoms with Gasteiger partial charge in [-0.25, -0.2) is 4.18 Å². The lowest BCUT2D eigenvalue weighted by atomic mass is 9.99. The molecule has 12 nitrogen and oxygen atoms in total. The van der Waals surface area contributed by atoms with Gasteiger partial charge in [-0.3, -0.25) is 9.35 Å². The summed E-state index contributed by atoms with van der Waals surface area (Å²) in [5, 5.41) is 30.3. The van der Waals surface area contributed by atoms with Crippen molar-refractivity contribution in [3.63, 3.8) is 0 Å². The van der Waals surface area contributed by atoms with E-state index >= 15 is 0 Å². The first-order chi connectivity index (χ1) is 21.6. The fourth-order valence-corrected chi connectivity index (χ4v) is 5.83. The SMILES string of the molecule is CCCCCCCCCCCCCCC(=O)OC(COCCCCCCCC)COC1OC(CO)C(O)C(OS(=O)(=O)O)C1O. The fourth-order valence-electron chi connectivity index (χ4n) is 5.32. The van der Waals surface area contributed by atoms with Gasteiger partial charge in [0, 0.05) is 13.0 Å². The van der Waals surface area contributed by atoms with Gasteiger partial charge in [-0.2, -0.15) is 8.42 Å². The average Bonchev–Trinajstić information content (AvgIpc) is 3.00. The number of aliphatic hydroxyl groups excluding tert-OH is 3. The van der Waals surface area contributed by atoms with E-state index in [-0.39, 0.29) is 19.6 Å². The minimum absolute atomic E-state index is 0.0406. The first kappa shape index (κ1) is 42.1. The van der Waals surface area contributed by atoms with Crippen molar-refractivity contribution in [1.82, 2.24) is 0 Å². The van der Waals surface area contributed by atoms with Crippen LogP contribution < -0.4 is 0 Å². The Morgan fingerprint density at radius 2 is 1.27 bits per heavy atom. The lowest BCUT2D eigenvalue weighted by molar-refractivity contribution is -0.301. The standard InChI is InChI=1S/C32H62O12S/c1-3-5-7-9-11-12-13-14-15-16-17-19-21-28(34)42-26(24-40-22-20-18-10-8-6-4-2)25-41-32-30(36)31(44-45(37,38)39)29(35)27(23-33)43-32/h26-27,29-33,35-36H,3-25H2,1-2H3,(H,37,38,39). The summed E-state index contributed by atoms with van der Waals surface area (Å²) in [6.07, 6.45) is 11.8. The molecule has 0 aromatic rings. The molecule has 268 valence electrons. The van der Waals surface area contributed by atoms with Gasteiger partial charge in [0.05, 0.1) is 19.8 Å². The molecular formula is C32H62O12S. The van der Waals surface area contributed by atoms with Crippen molar-refractivity contribution in [3.8, 4) is 0 Å². The molecule has 1 fully saturated rings. The Morgan fingerprint density at radius 1 is 0.756 bits per heavy atom. The zero-order valence-electron chi connectivity index (χ0n) is 27.7. The van der Waals surface area contributed by atoms with Crippen LogP contribution in [0.25, 0.3) is 0 Å². The van der Waals surface area contributed by atoms with Crippen LogP contribution in [0.4, 0.5) is 0 Å². The Balaban J connectivity index is 2.53. The molecule has 4 N–H and O–H groups in total. The molecule has 6 unspecified atom stereocenters. The Hall–Kier alpha value is -0.900. The largest absolute Gasteiger partial charge is 0.457 e. The van der Waals surface area contributed by atoms with Crippen molar-refractivity contribution in [3.05, 3.63) is 0 Å². The fraction of sp³-hybridized carbons (Fsp3) is 0.969. The second kappa shape index (κ2) is 26.1. The van der Waals surface area contributed by atoms with Crippen LogP contribution in [0.3, 0.4) is 0 Å². The average molecular weight is 671 g/mol. The molecule has 0 aliphatic carbocycles. The number of aliphatic hydroxyl groups is 3. The maximum absolute atomic E-state index is 12.6. The lowest BCUT2D eigenvalue weighted by Crippen LogP contribution is -2.60. The molecule has 0 amide bonds. The third kappa shape index (κ3) is 20.8. The van der Waals surface area contributed by atoms with E-state index in [1.54, 1.807) is 0 Å². The molecule has 1 heterocycles. The maximum atomic E-state index is 12.6. The number of unbranched alkanes of at least 4 members (excludes halogenated alkanes) is 16. The van der Waals surface area contributed by atoms with Gasteiger partial charge in [0.15, 0.2) is 6.29 Å². The summed E-state index contributed by atoms with van der Waals surface area (Å²) in [4.78, 5) is 12.6. The van der Waals surface area contributed by atoms with Crippen molar-refractivity contribution in [2.45, 2.75) is 173 Å². The van der Waals surface area contributed by atoms with Gasteiger partial charge >= 0.3 is 16.4 Å². The molecule has 1 saturated heterocycles. The van der Waals surface area contributed by atoms with E-state index in [1.165, 1.54) is 70.6 Å². The molecular weight excluding hydrogens is 608 g/mol. The van der Waals surface area contributed by atoms with E-state index in [0.717, 1.165) is 38.5 Å². The molecule has 13 heteroatoms. The van der Waals surface area contributed by atoms with Crippen molar-refractivity contribution in [1.29, 1.82) is 0 Å². The van der Waals surface area contributed by atoms with Crippen LogP contribution in [0.2, 0.25) is 0 Å². The summed E-state index contributed by atoms with van der Waals surface area (Å²) >= 11 is 0. The zero-order chi connectivity index (χ0) is 33.3. The van der Waals surface area contributed by atoms with Crippen molar-refractivity contribution >= 4 is 16.4 Å². The molecule has 6 atom stereocenters. The first-order valence-corrected chi connectivity index (χ1v) is 18.7. The Morgan fingerprint density at radius 3 is 1.78 bits per heavy atom. The minimum atomic E-state index is -5.04. The Bertz CT molecular complexity index is 827. The monoisotopic (exact) mass is 670 g/mol. The van der Waals surface area contributed by atoms with Crippen LogP contribution in [-0.2, 0) is 38.3 Å². The van der Waals surface area contributed by atoms with Crippen LogP contribution in [0.5, 0.6) is 0 Å². The molecule has 0 radical (unpaired) electrons. The number of hydrogen-bond donors (Lipinski definition) is 4. The topological polar surface area (TPSA) is 178 Å². The summed E-state index contributed by atoms with van der Waals surface area (Å²) in [5.41, 5.74) is 0.